The highest BCUT2D eigenvalue weighted by Crippen LogP contribution is 2.27. The first kappa shape index (κ1) is 17.8. The zero-order valence-corrected chi connectivity index (χ0v) is 15.9. The zero-order valence-electron chi connectivity index (χ0n) is 15.9. The number of benzene rings is 3. The number of nitrogens with one attached hydrogen (secondary N) is 2. The first-order valence-electron chi connectivity index (χ1n) is 9.52. The van der Waals surface area contributed by atoms with Crippen molar-refractivity contribution in [2.24, 2.45) is 0 Å². The predicted molar refractivity (Wildman–Crippen MR) is 116 cm³/mol. The number of fused-ring (bicyclic) bond motifs is 1. The van der Waals surface area contributed by atoms with Crippen LogP contribution < -0.4 is 5.32 Å². The molecule has 2 aromatic heterocycles. The van der Waals surface area contributed by atoms with Gasteiger partial charge >= 0.3 is 0 Å². The van der Waals surface area contributed by atoms with Crippen LogP contribution >= 0.6 is 0 Å². The third kappa shape index (κ3) is 3.56. The van der Waals surface area contributed by atoms with Gasteiger partial charge in [0.25, 0.3) is 0 Å². The second-order valence-corrected chi connectivity index (χ2v) is 6.87. The molecule has 5 rings (SSSR count). The Morgan fingerprint density at radius 3 is 2.63 bits per heavy atom. The van der Waals surface area contributed by atoms with Crippen LogP contribution in [0, 0.1) is 0 Å². The van der Waals surface area contributed by atoms with Crippen molar-refractivity contribution in [1.29, 1.82) is 0 Å². The maximum atomic E-state index is 9.42. The van der Waals surface area contributed by atoms with E-state index < -0.39 is 0 Å². The van der Waals surface area contributed by atoms with Crippen molar-refractivity contribution < 1.29 is 5.11 Å². The van der Waals surface area contributed by atoms with E-state index in [0.717, 1.165) is 39.0 Å². The average molecular weight is 394 g/mol. The van der Waals surface area contributed by atoms with E-state index in [1.54, 1.807) is 18.3 Å². The van der Waals surface area contributed by atoms with E-state index >= 15 is 0 Å². The minimum atomic E-state index is 0.229. The maximum absolute atomic E-state index is 9.42. The molecule has 0 unspecified atom stereocenters. The van der Waals surface area contributed by atoms with Crippen molar-refractivity contribution in [3.8, 4) is 28.3 Å². The molecule has 0 radical (unpaired) electrons. The Bertz CT molecular complexity index is 1310. The van der Waals surface area contributed by atoms with E-state index in [0.29, 0.717) is 12.5 Å². The van der Waals surface area contributed by atoms with Gasteiger partial charge in [0, 0.05) is 11.1 Å². The summed E-state index contributed by atoms with van der Waals surface area (Å²) in [6, 6.07) is 23.2. The molecule has 0 aliphatic carbocycles. The number of anilines is 1. The van der Waals surface area contributed by atoms with Gasteiger partial charge in [-0.15, -0.1) is 5.10 Å². The van der Waals surface area contributed by atoms with Gasteiger partial charge in [-0.2, -0.15) is 10.2 Å². The van der Waals surface area contributed by atoms with Gasteiger partial charge in [0.2, 0.25) is 5.95 Å². The fraction of sp³-hybridized carbons (Fsp3) is 0.0435. The lowest BCUT2D eigenvalue weighted by atomic mass is 10.0. The first-order valence-corrected chi connectivity index (χ1v) is 9.52. The van der Waals surface area contributed by atoms with Crippen LogP contribution in [0.5, 0.6) is 5.75 Å². The summed E-state index contributed by atoms with van der Waals surface area (Å²) in [7, 11) is 0. The lowest BCUT2D eigenvalue weighted by Gasteiger charge is -2.07. The van der Waals surface area contributed by atoms with Gasteiger partial charge in [-0.25, -0.2) is 4.98 Å². The molecule has 0 saturated heterocycles. The normalized spacial score (nSPS) is 10.9. The number of aromatic hydroxyl groups is 1. The Morgan fingerprint density at radius 1 is 0.900 bits per heavy atom. The molecule has 146 valence electrons. The number of rotatable bonds is 5. The highest BCUT2D eigenvalue weighted by Gasteiger charge is 2.08. The van der Waals surface area contributed by atoms with Crippen LogP contribution in [0.1, 0.15) is 5.69 Å². The van der Waals surface area contributed by atoms with Crippen molar-refractivity contribution in [1.82, 2.24) is 25.4 Å². The number of phenolic OH excluding ortho intramolecular Hbond substituents is 1. The van der Waals surface area contributed by atoms with E-state index in [2.05, 4.69) is 48.9 Å². The Kier molecular flexibility index (Phi) is 4.53. The van der Waals surface area contributed by atoms with E-state index in [4.69, 9.17) is 0 Å². The summed E-state index contributed by atoms with van der Waals surface area (Å²) in [4.78, 5) is 4.64. The topological polar surface area (TPSA) is 99.6 Å². The number of hydrogen-bond donors (Lipinski definition) is 3. The molecule has 2 heterocycles. The Balaban J connectivity index is 1.35. The van der Waals surface area contributed by atoms with Crippen LogP contribution in [-0.4, -0.2) is 30.5 Å². The SMILES string of the molecule is Oc1ccc(-c2cc(CNc3nncc(-c4cccc5ccccc45)n3)[nH]n2)cc1. The van der Waals surface area contributed by atoms with Gasteiger partial charge in [-0.05, 0) is 41.1 Å². The quantitative estimate of drug-likeness (QED) is 0.409. The standard InChI is InChI=1S/C23H18N6O/c30-18-10-8-16(9-11-18)21-12-17(27-28-21)13-24-23-26-22(14-25-29-23)20-7-3-5-15-4-1-2-6-19(15)20/h1-12,14,30H,13H2,(H,27,28)(H,24,26,29). The first-order chi connectivity index (χ1) is 14.8. The Labute approximate surface area is 172 Å². The number of phenols is 1. The van der Waals surface area contributed by atoms with Crippen LogP contribution in [0.2, 0.25) is 0 Å². The van der Waals surface area contributed by atoms with Gasteiger partial charge in [-0.1, -0.05) is 42.5 Å². The van der Waals surface area contributed by atoms with E-state index in [1.165, 1.54) is 0 Å². The lowest BCUT2D eigenvalue weighted by molar-refractivity contribution is 0.475. The molecule has 5 aromatic rings. The molecule has 0 saturated carbocycles. The molecule has 7 nitrogen and oxygen atoms in total. The summed E-state index contributed by atoms with van der Waals surface area (Å²) >= 11 is 0. The van der Waals surface area contributed by atoms with Crippen LogP contribution in [0.15, 0.2) is 79.0 Å². The van der Waals surface area contributed by atoms with Crippen molar-refractivity contribution >= 4 is 16.7 Å². The molecule has 0 spiro atoms. The fourth-order valence-corrected chi connectivity index (χ4v) is 3.36. The van der Waals surface area contributed by atoms with Gasteiger partial charge < -0.3 is 10.4 Å². The largest absolute Gasteiger partial charge is 0.508 e. The second kappa shape index (κ2) is 7.63. The summed E-state index contributed by atoms with van der Waals surface area (Å²) in [5.41, 5.74) is 4.39. The van der Waals surface area contributed by atoms with Crippen LogP contribution in [0.4, 0.5) is 5.95 Å². The van der Waals surface area contributed by atoms with E-state index in [9.17, 15) is 5.11 Å². The maximum Gasteiger partial charge on any atom is 0.243 e. The predicted octanol–water partition coefficient (Wildman–Crippen LogP) is 4.40. The summed E-state index contributed by atoms with van der Waals surface area (Å²) in [5.74, 6) is 0.674. The van der Waals surface area contributed by atoms with Crippen molar-refractivity contribution in [2.75, 3.05) is 5.32 Å². The van der Waals surface area contributed by atoms with E-state index in [1.807, 2.05) is 42.5 Å². The molecular weight excluding hydrogens is 376 g/mol. The Morgan fingerprint density at radius 2 is 1.73 bits per heavy atom. The monoisotopic (exact) mass is 394 g/mol. The number of nitrogens with zero attached hydrogens (tertiary/aromatic N) is 4. The summed E-state index contributed by atoms with van der Waals surface area (Å²) in [5, 5.41) is 30.5. The summed E-state index contributed by atoms with van der Waals surface area (Å²) < 4.78 is 0. The van der Waals surface area contributed by atoms with Gasteiger partial charge in [0.05, 0.1) is 29.8 Å². The Hall–Kier alpha value is -4.26. The smallest absolute Gasteiger partial charge is 0.243 e. The molecule has 3 N–H and O–H groups in total. The molecule has 0 amide bonds. The summed E-state index contributed by atoms with van der Waals surface area (Å²) in [6.07, 6.45) is 1.67. The highest BCUT2D eigenvalue weighted by molar-refractivity contribution is 5.95. The minimum Gasteiger partial charge on any atom is -0.508 e. The molecule has 0 aliphatic heterocycles. The number of hydrogen-bond acceptors (Lipinski definition) is 6. The molecule has 0 fully saturated rings. The van der Waals surface area contributed by atoms with Crippen molar-refractivity contribution in [2.45, 2.75) is 6.54 Å². The zero-order chi connectivity index (χ0) is 20.3. The van der Waals surface area contributed by atoms with Crippen LogP contribution in [0.25, 0.3) is 33.3 Å². The number of aromatic amines is 1. The molecule has 0 bridgehead atoms. The van der Waals surface area contributed by atoms with Gasteiger partial charge in [-0.3, -0.25) is 5.10 Å². The van der Waals surface area contributed by atoms with Crippen LogP contribution in [-0.2, 0) is 6.54 Å². The second-order valence-electron chi connectivity index (χ2n) is 6.87. The van der Waals surface area contributed by atoms with Crippen LogP contribution in [0.3, 0.4) is 0 Å². The van der Waals surface area contributed by atoms with Gasteiger partial charge in [0.1, 0.15) is 5.75 Å². The number of H-pyrrole nitrogens is 1. The van der Waals surface area contributed by atoms with Gasteiger partial charge in [0.15, 0.2) is 0 Å². The summed E-state index contributed by atoms with van der Waals surface area (Å²) in [6.45, 7) is 0.478. The highest BCUT2D eigenvalue weighted by atomic mass is 16.3. The molecule has 3 aromatic carbocycles. The molecular formula is C23H18N6O. The average Bonchev–Trinajstić information content (AvgIpc) is 3.27. The lowest BCUT2D eigenvalue weighted by Crippen LogP contribution is -2.05. The van der Waals surface area contributed by atoms with Crippen molar-refractivity contribution in [3.63, 3.8) is 0 Å². The molecule has 0 aliphatic rings. The third-order valence-corrected chi connectivity index (χ3v) is 4.86. The number of aromatic nitrogens is 5. The minimum absolute atomic E-state index is 0.229. The van der Waals surface area contributed by atoms with E-state index in [-0.39, 0.29) is 5.75 Å². The van der Waals surface area contributed by atoms with Crippen molar-refractivity contribution in [3.05, 3.63) is 84.7 Å². The molecule has 30 heavy (non-hydrogen) atoms. The fourth-order valence-electron chi connectivity index (χ4n) is 3.36. The molecule has 7 heteroatoms. The third-order valence-electron chi connectivity index (χ3n) is 4.86. The molecule has 0 atom stereocenters.